The predicted octanol–water partition coefficient (Wildman–Crippen LogP) is 5.99. The van der Waals surface area contributed by atoms with Gasteiger partial charge in [-0.25, -0.2) is 0 Å². The number of rotatable bonds is 2. The summed E-state index contributed by atoms with van der Waals surface area (Å²) in [6.07, 6.45) is 14.4. The van der Waals surface area contributed by atoms with Gasteiger partial charge in [0.25, 0.3) is 0 Å². The molecule has 4 saturated carbocycles. The summed E-state index contributed by atoms with van der Waals surface area (Å²) in [5, 5.41) is 0. The van der Waals surface area contributed by atoms with Gasteiger partial charge in [-0.3, -0.25) is 4.79 Å². The van der Waals surface area contributed by atoms with Crippen molar-refractivity contribution in [1.29, 1.82) is 0 Å². The van der Waals surface area contributed by atoms with Gasteiger partial charge in [-0.1, -0.05) is 26.7 Å². The van der Waals surface area contributed by atoms with Crippen molar-refractivity contribution in [3.05, 3.63) is 0 Å². The van der Waals surface area contributed by atoms with Crippen molar-refractivity contribution in [2.45, 2.75) is 98.0 Å². The van der Waals surface area contributed by atoms with Crippen molar-refractivity contribution in [1.82, 2.24) is 0 Å². The lowest BCUT2D eigenvalue weighted by Gasteiger charge is -2.60. The van der Waals surface area contributed by atoms with Crippen molar-refractivity contribution >= 4 is 5.97 Å². The predicted molar refractivity (Wildman–Crippen MR) is 101 cm³/mol. The number of fused-ring (bicyclic) bond motifs is 5. The van der Waals surface area contributed by atoms with Gasteiger partial charge in [-0.15, -0.1) is 0 Å². The summed E-state index contributed by atoms with van der Waals surface area (Å²) in [7, 11) is 0. The van der Waals surface area contributed by atoms with E-state index in [9.17, 15) is 4.79 Å². The van der Waals surface area contributed by atoms with E-state index in [1.165, 1.54) is 64.2 Å². The average Bonchev–Trinajstić information content (AvgIpc) is 2.91. The number of hydrogen-bond donors (Lipinski definition) is 0. The number of hydrogen-bond acceptors (Lipinski definition) is 2. The average molecular weight is 347 g/mol. The lowest BCUT2D eigenvalue weighted by atomic mass is 9.45. The van der Waals surface area contributed by atoms with E-state index in [2.05, 4.69) is 20.8 Å². The van der Waals surface area contributed by atoms with Gasteiger partial charge in [0, 0.05) is 12.8 Å². The molecule has 4 rings (SSSR count). The van der Waals surface area contributed by atoms with Crippen LogP contribution in [0.1, 0.15) is 91.9 Å². The number of carbonyl (C=O) groups is 1. The van der Waals surface area contributed by atoms with E-state index in [0.717, 1.165) is 23.7 Å². The minimum absolute atomic E-state index is 0.0886. The van der Waals surface area contributed by atoms with Gasteiger partial charge in [0.15, 0.2) is 0 Å². The Morgan fingerprint density at radius 2 is 1.68 bits per heavy atom. The second-order valence-electron chi connectivity index (χ2n) is 10.4. The van der Waals surface area contributed by atoms with Gasteiger partial charge in [-0.05, 0) is 92.8 Å². The van der Waals surface area contributed by atoms with Gasteiger partial charge < -0.3 is 4.74 Å². The van der Waals surface area contributed by atoms with E-state index in [0.29, 0.717) is 16.7 Å². The molecule has 0 aromatic carbocycles. The molecule has 2 heteroatoms. The fourth-order valence-electron chi connectivity index (χ4n) is 8.45. The summed E-state index contributed by atoms with van der Waals surface area (Å²) < 4.78 is 5.65. The molecule has 142 valence electrons. The molecule has 0 bridgehead atoms. The van der Waals surface area contributed by atoms with E-state index in [1.807, 2.05) is 0 Å². The third-order valence-electron chi connectivity index (χ3n) is 9.58. The summed E-state index contributed by atoms with van der Waals surface area (Å²) >= 11 is 0. The first-order valence-electron chi connectivity index (χ1n) is 11.0. The molecule has 0 amide bonds. The topological polar surface area (TPSA) is 26.3 Å². The number of ether oxygens (including phenoxy) is 1. The molecular weight excluding hydrogens is 308 g/mol. The summed E-state index contributed by atoms with van der Waals surface area (Å²) in [4.78, 5) is 11.5. The molecule has 8 atom stereocenters. The van der Waals surface area contributed by atoms with Crippen LogP contribution in [0.2, 0.25) is 0 Å². The Morgan fingerprint density at radius 1 is 0.920 bits per heavy atom. The van der Waals surface area contributed by atoms with Gasteiger partial charge >= 0.3 is 5.97 Å². The summed E-state index contributed by atoms with van der Waals surface area (Å²) in [6.45, 7) is 8.91. The van der Waals surface area contributed by atoms with Gasteiger partial charge in [-0.2, -0.15) is 0 Å². The highest BCUT2D eigenvalue weighted by Gasteiger charge is 2.60. The summed E-state index contributed by atoms with van der Waals surface area (Å²) in [6, 6.07) is 0. The van der Waals surface area contributed by atoms with Crippen LogP contribution in [-0.4, -0.2) is 12.1 Å². The van der Waals surface area contributed by atoms with E-state index >= 15 is 0 Å². The Labute approximate surface area is 154 Å². The second-order valence-corrected chi connectivity index (χ2v) is 10.4. The lowest BCUT2D eigenvalue weighted by Crippen LogP contribution is -2.53. The molecule has 0 heterocycles. The Kier molecular flexibility index (Phi) is 4.48. The van der Waals surface area contributed by atoms with Crippen molar-refractivity contribution in [3.8, 4) is 0 Å². The monoisotopic (exact) mass is 346 g/mol. The van der Waals surface area contributed by atoms with Crippen LogP contribution in [0.3, 0.4) is 0 Å². The van der Waals surface area contributed by atoms with Gasteiger partial charge in [0.05, 0.1) is 0 Å². The fraction of sp³-hybridized carbons (Fsp3) is 0.957. The third-order valence-corrected chi connectivity index (χ3v) is 9.58. The van der Waals surface area contributed by atoms with E-state index in [1.54, 1.807) is 6.92 Å². The minimum atomic E-state index is -0.108. The SMILES string of the molecule is CC(=O)O[C@H](C)[C@@H]1CC[C@@H]2[C@@H]3CC[C@H]4CCCC[C@]4(C)[C@@H]3CC[C@@]21C. The summed E-state index contributed by atoms with van der Waals surface area (Å²) in [5.41, 5.74) is 1.02. The highest BCUT2D eigenvalue weighted by Crippen LogP contribution is 2.67. The highest BCUT2D eigenvalue weighted by atomic mass is 16.5. The normalized spacial score (nSPS) is 50.3. The fourth-order valence-corrected chi connectivity index (χ4v) is 8.45. The Bertz CT molecular complexity index is 528. The largest absolute Gasteiger partial charge is 0.463 e. The maximum atomic E-state index is 11.5. The quantitative estimate of drug-likeness (QED) is 0.574. The molecule has 0 spiro atoms. The first-order valence-corrected chi connectivity index (χ1v) is 11.0. The maximum absolute atomic E-state index is 11.5. The molecule has 4 aliphatic rings. The third kappa shape index (κ3) is 2.69. The van der Waals surface area contributed by atoms with E-state index < -0.39 is 0 Å². The molecule has 0 radical (unpaired) electrons. The molecule has 0 N–H and O–H groups in total. The van der Waals surface area contributed by atoms with Crippen LogP contribution < -0.4 is 0 Å². The van der Waals surface area contributed by atoms with Gasteiger partial charge in [0.1, 0.15) is 6.10 Å². The number of carbonyl (C=O) groups excluding carboxylic acids is 1. The van der Waals surface area contributed by atoms with Crippen molar-refractivity contribution in [3.63, 3.8) is 0 Å². The van der Waals surface area contributed by atoms with Crippen LogP contribution in [-0.2, 0) is 9.53 Å². The summed E-state index contributed by atoms with van der Waals surface area (Å²) in [5.74, 6) is 4.24. The molecule has 0 aromatic heterocycles. The molecule has 25 heavy (non-hydrogen) atoms. The van der Waals surface area contributed by atoms with Crippen LogP contribution in [0.5, 0.6) is 0 Å². The molecule has 0 saturated heterocycles. The van der Waals surface area contributed by atoms with E-state index in [-0.39, 0.29) is 12.1 Å². The Balaban J connectivity index is 1.56. The van der Waals surface area contributed by atoms with Crippen molar-refractivity contribution < 1.29 is 9.53 Å². The highest BCUT2D eigenvalue weighted by molar-refractivity contribution is 5.66. The van der Waals surface area contributed by atoms with Crippen LogP contribution in [0, 0.1) is 40.4 Å². The lowest BCUT2D eigenvalue weighted by molar-refractivity contribution is -0.154. The minimum Gasteiger partial charge on any atom is -0.463 e. The molecule has 2 nitrogen and oxygen atoms in total. The standard InChI is InChI=1S/C23H38O2/c1-15(25-16(2)24)19-10-11-20-18-9-8-17-7-5-6-13-22(17,3)21(18)12-14-23(19,20)4/h15,17-21H,5-14H2,1-4H3/t15-,17-,18+,19+,20-,21-,22+,23-/m1/s1. The van der Waals surface area contributed by atoms with Crippen LogP contribution in [0.4, 0.5) is 0 Å². The molecule has 0 aromatic rings. The molecule has 4 fully saturated rings. The maximum Gasteiger partial charge on any atom is 0.302 e. The zero-order chi connectivity index (χ0) is 17.8. The second kappa shape index (κ2) is 6.27. The van der Waals surface area contributed by atoms with Crippen LogP contribution in [0.15, 0.2) is 0 Å². The molecular formula is C23H38O2. The van der Waals surface area contributed by atoms with E-state index in [4.69, 9.17) is 4.74 Å². The van der Waals surface area contributed by atoms with Gasteiger partial charge in [0.2, 0.25) is 0 Å². The molecule has 0 unspecified atom stereocenters. The van der Waals surface area contributed by atoms with Crippen LogP contribution in [0.25, 0.3) is 0 Å². The Morgan fingerprint density at radius 3 is 2.44 bits per heavy atom. The van der Waals surface area contributed by atoms with Crippen LogP contribution >= 0.6 is 0 Å². The first-order chi connectivity index (χ1) is 11.9. The number of esters is 1. The Hall–Kier alpha value is -0.530. The smallest absolute Gasteiger partial charge is 0.302 e. The first kappa shape index (κ1) is 17.9. The zero-order valence-corrected chi connectivity index (χ0v) is 16.9. The van der Waals surface area contributed by atoms with Crippen molar-refractivity contribution in [2.24, 2.45) is 40.4 Å². The molecule has 0 aliphatic heterocycles. The van der Waals surface area contributed by atoms with Crippen molar-refractivity contribution in [2.75, 3.05) is 0 Å². The zero-order valence-electron chi connectivity index (χ0n) is 16.9. The molecule has 4 aliphatic carbocycles.